The second-order valence-electron chi connectivity index (χ2n) is 9.49. The number of rotatable bonds is 7. The first-order valence-corrected chi connectivity index (χ1v) is 12.8. The van der Waals surface area contributed by atoms with Crippen LogP contribution in [0.4, 0.5) is 5.82 Å². The number of hydrogen-bond acceptors (Lipinski definition) is 6. The number of hydrogen-bond donors (Lipinski definition) is 1. The van der Waals surface area contributed by atoms with Crippen molar-refractivity contribution in [2.24, 2.45) is 5.92 Å². The molecule has 0 aromatic carbocycles. The number of thioether (sulfide) groups is 1. The highest BCUT2D eigenvalue weighted by molar-refractivity contribution is 8.00. The molecular formula is C25H32N6OS. The maximum atomic E-state index is 5.80. The zero-order valence-corrected chi connectivity index (χ0v) is 20.7. The molecule has 1 aliphatic rings. The van der Waals surface area contributed by atoms with E-state index >= 15 is 0 Å². The highest BCUT2D eigenvalue weighted by atomic mass is 32.2. The van der Waals surface area contributed by atoms with Crippen LogP contribution >= 0.6 is 11.8 Å². The Bertz CT molecular complexity index is 1240. The molecule has 0 spiro atoms. The third-order valence-corrected chi connectivity index (χ3v) is 8.32. The number of ether oxygens (including phenoxy) is 1. The van der Waals surface area contributed by atoms with Crippen LogP contribution in [0.2, 0.25) is 0 Å². The minimum atomic E-state index is 0.379. The van der Waals surface area contributed by atoms with Gasteiger partial charge in [0.2, 0.25) is 0 Å². The normalized spacial score (nSPS) is 16.2. The van der Waals surface area contributed by atoms with Gasteiger partial charge in [-0.2, -0.15) is 16.9 Å². The second kappa shape index (κ2) is 8.89. The van der Waals surface area contributed by atoms with Gasteiger partial charge in [-0.3, -0.25) is 5.10 Å². The van der Waals surface area contributed by atoms with Gasteiger partial charge in [0.25, 0.3) is 0 Å². The van der Waals surface area contributed by atoms with Crippen molar-refractivity contribution in [3.8, 4) is 16.9 Å². The fourth-order valence-corrected chi connectivity index (χ4v) is 5.67. The average Bonchev–Trinajstić information content (AvgIpc) is 3.39. The predicted molar refractivity (Wildman–Crippen MR) is 136 cm³/mol. The van der Waals surface area contributed by atoms with Gasteiger partial charge in [-0.25, -0.2) is 9.50 Å². The zero-order chi connectivity index (χ0) is 23.0. The Kier molecular flexibility index (Phi) is 5.95. The first-order valence-electron chi connectivity index (χ1n) is 11.8. The standard InChI is InChI=1S/C25H32N6OS/c1-5-32-19-12-20(23-21-14-27-28-24(21)29-31(23)15-19)18-6-7-22(26-13-18)30-10-8-25(4,9-11-30)33-16-17(2)3/h6-7,12-15,17H,5,8-11,16H2,1-4H3,(H,28,29). The van der Waals surface area contributed by atoms with Crippen LogP contribution in [0.25, 0.3) is 27.7 Å². The van der Waals surface area contributed by atoms with Gasteiger partial charge in [0.15, 0.2) is 5.65 Å². The molecule has 4 aromatic heterocycles. The second-order valence-corrected chi connectivity index (χ2v) is 11.1. The van der Waals surface area contributed by atoms with E-state index in [1.54, 1.807) is 0 Å². The Morgan fingerprint density at radius 1 is 1.21 bits per heavy atom. The number of fused-ring (bicyclic) bond motifs is 3. The summed E-state index contributed by atoms with van der Waals surface area (Å²) in [6.07, 6.45) is 8.10. The van der Waals surface area contributed by atoms with E-state index in [1.807, 2.05) is 30.0 Å². The van der Waals surface area contributed by atoms with Crippen molar-refractivity contribution in [1.82, 2.24) is 24.8 Å². The molecule has 0 aliphatic carbocycles. The van der Waals surface area contributed by atoms with Crippen LogP contribution in [0.5, 0.6) is 5.75 Å². The smallest absolute Gasteiger partial charge is 0.178 e. The summed E-state index contributed by atoms with van der Waals surface area (Å²) >= 11 is 2.14. The fourth-order valence-electron chi connectivity index (χ4n) is 4.46. The number of anilines is 1. The molecule has 0 amide bonds. The topological polar surface area (TPSA) is 71.3 Å². The summed E-state index contributed by atoms with van der Waals surface area (Å²) in [5.74, 6) is 3.81. The van der Waals surface area contributed by atoms with Crippen LogP contribution in [0.3, 0.4) is 0 Å². The molecule has 1 aliphatic heterocycles. The van der Waals surface area contributed by atoms with E-state index in [0.717, 1.165) is 58.3 Å². The monoisotopic (exact) mass is 464 g/mol. The molecule has 7 nitrogen and oxygen atoms in total. The Balaban J connectivity index is 1.40. The van der Waals surface area contributed by atoms with Crippen LogP contribution < -0.4 is 9.64 Å². The minimum Gasteiger partial charge on any atom is -0.492 e. The molecule has 0 bridgehead atoms. The molecule has 5 rings (SSSR count). The van der Waals surface area contributed by atoms with Crippen LogP contribution in [-0.2, 0) is 0 Å². The van der Waals surface area contributed by atoms with Gasteiger partial charge in [0, 0.05) is 35.2 Å². The number of aromatic nitrogens is 5. The summed E-state index contributed by atoms with van der Waals surface area (Å²) in [6.45, 7) is 11.7. The minimum absolute atomic E-state index is 0.379. The molecule has 5 heterocycles. The van der Waals surface area contributed by atoms with Crippen LogP contribution in [0, 0.1) is 5.92 Å². The number of pyridine rings is 2. The van der Waals surface area contributed by atoms with Gasteiger partial charge < -0.3 is 9.64 Å². The zero-order valence-electron chi connectivity index (χ0n) is 19.8. The van der Waals surface area contributed by atoms with Gasteiger partial charge in [-0.1, -0.05) is 20.8 Å². The molecule has 0 atom stereocenters. The summed E-state index contributed by atoms with van der Waals surface area (Å²) in [7, 11) is 0. The van der Waals surface area contributed by atoms with Crippen molar-refractivity contribution in [3.63, 3.8) is 0 Å². The van der Waals surface area contributed by atoms with E-state index in [2.05, 4.69) is 70.9 Å². The number of aromatic amines is 1. The lowest BCUT2D eigenvalue weighted by Gasteiger charge is -2.40. The van der Waals surface area contributed by atoms with Crippen LogP contribution in [-0.4, -0.2) is 55.0 Å². The third kappa shape index (κ3) is 4.40. The Morgan fingerprint density at radius 2 is 2.03 bits per heavy atom. The van der Waals surface area contributed by atoms with E-state index in [-0.39, 0.29) is 0 Å². The lowest BCUT2D eigenvalue weighted by atomic mass is 9.98. The molecule has 174 valence electrons. The Morgan fingerprint density at radius 3 is 2.73 bits per heavy atom. The van der Waals surface area contributed by atoms with Crippen molar-refractivity contribution < 1.29 is 4.74 Å². The largest absolute Gasteiger partial charge is 0.492 e. The SMILES string of the molecule is CCOc1cc(-c2ccc(N3CCC(C)(SCC(C)C)CC3)nc2)c2c3cn[nH]c3nn2c1. The van der Waals surface area contributed by atoms with Gasteiger partial charge in [-0.15, -0.1) is 5.10 Å². The fraction of sp³-hybridized carbons (Fsp3) is 0.480. The number of piperidine rings is 1. The Labute approximate surface area is 198 Å². The number of H-pyrrole nitrogens is 1. The maximum Gasteiger partial charge on any atom is 0.178 e. The molecule has 8 heteroatoms. The molecular weight excluding hydrogens is 432 g/mol. The van der Waals surface area contributed by atoms with Crippen molar-refractivity contribution in [2.45, 2.75) is 45.3 Å². The summed E-state index contributed by atoms with van der Waals surface area (Å²) < 4.78 is 8.06. The lowest BCUT2D eigenvalue weighted by molar-refractivity contribution is 0.338. The van der Waals surface area contributed by atoms with Crippen LogP contribution in [0.15, 0.2) is 36.8 Å². The van der Waals surface area contributed by atoms with E-state index in [1.165, 1.54) is 18.6 Å². The van der Waals surface area contributed by atoms with E-state index < -0.39 is 0 Å². The maximum absolute atomic E-state index is 5.80. The summed E-state index contributed by atoms with van der Waals surface area (Å²) in [5, 5.41) is 12.7. The highest BCUT2D eigenvalue weighted by Gasteiger charge is 2.31. The highest BCUT2D eigenvalue weighted by Crippen LogP contribution is 2.38. The third-order valence-electron chi connectivity index (χ3n) is 6.38. The van der Waals surface area contributed by atoms with E-state index in [0.29, 0.717) is 11.4 Å². The van der Waals surface area contributed by atoms with Gasteiger partial charge in [0.05, 0.1) is 29.9 Å². The average molecular weight is 465 g/mol. The summed E-state index contributed by atoms with van der Waals surface area (Å²) in [4.78, 5) is 7.28. The van der Waals surface area contributed by atoms with Crippen molar-refractivity contribution >= 4 is 34.1 Å². The molecule has 0 radical (unpaired) electrons. The van der Waals surface area contributed by atoms with Crippen molar-refractivity contribution in [2.75, 3.05) is 30.3 Å². The molecule has 1 saturated heterocycles. The van der Waals surface area contributed by atoms with Crippen molar-refractivity contribution in [3.05, 3.63) is 36.8 Å². The lowest BCUT2D eigenvalue weighted by Crippen LogP contribution is -2.41. The molecule has 4 aromatic rings. The van der Waals surface area contributed by atoms with Gasteiger partial charge in [-0.05, 0) is 49.6 Å². The first-order chi connectivity index (χ1) is 16.0. The number of nitrogens with zero attached hydrogens (tertiary/aromatic N) is 5. The van der Waals surface area contributed by atoms with E-state index in [9.17, 15) is 0 Å². The summed E-state index contributed by atoms with van der Waals surface area (Å²) in [5.41, 5.74) is 3.86. The predicted octanol–water partition coefficient (Wildman–Crippen LogP) is 5.42. The molecule has 33 heavy (non-hydrogen) atoms. The Hall–Kier alpha value is -2.74. The number of nitrogens with one attached hydrogen (secondary N) is 1. The van der Waals surface area contributed by atoms with Crippen LogP contribution in [0.1, 0.15) is 40.5 Å². The first kappa shape index (κ1) is 22.1. The summed E-state index contributed by atoms with van der Waals surface area (Å²) in [6, 6.07) is 6.38. The van der Waals surface area contributed by atoms with Gasteiger partial charge >= 0.3 is 0 Å². The van der Waals surface area contributed by atoms with Crippen molar-refractivity contribution in [1.29, 1.82) is 0 Å². The molecule has 0 saturated carbocycles. The molecule has 1 fully saturated rings. The molecule has 0 unspecified atom stereocenters. The molecule has 1 N–H and O–H groups in total. The van der Waals surface area contributed by atoms with E-state index in [4.69, 9.17) is 9.72 Å². The quantitative estimate of drug-likeness (QED) is 0.394. The van der Waals surface area contributed by atoms with Gasteiger partial charge in [0.1, 0.15) is 11.6 Å².